The minimum atomic E-state index is -1.06. The summed E-state index contributed by atoms with van der Waals surface area (Å²) >= 11 is 0. The first-order valence-corrected chi connectivity index (χ1v) is 5.42. The Morgan fingerprint density at radius 2 is 2.21 bits per heavy atom. The fraction of sp³-hybridized carbons (Fsp3) is 0. The van der Waals surface area contributed by atoms with Gasteiger partial charge in [0, 0.05) is 12.4 Å². The van der Waals surface area contributed by atoms with Crippen LogP contribution in [0.3, 0.4) is 0 Å². The van der Waals surface area contributed by atoms with Crippen LogP contribution < -0.4 is 4.74 Å². The van der Waals surface area contributed by atoms with E-state index in [2.05, 4.69) is 9.97 Å². The van der Waals surface area contributed by atoms with E-state index < -0.39 is 5.97 Å². The van der Waals surface area contributed by atoms with Crippen LogP contribution in [0.1, 0.15) is 10.4 Å². The molecule has 0 amide bonds. The van der Waals surface area contributed by atoms with Crippen LogP contribution in [0.4, 0.5) is 0 Å². The third-order valence-corrected chi connectivity index (χ3v) is 2.52. The summed E-state index contributed by atoms with van der Waals surface area (Å²) in [6.45, 7) is 0. The van der Waals surface area contributed by atoms with Gasteiger partial charge in [0.05, 0.1) is 23.4 Å². The van der Waals surface area contributed by atoms with Gasteiger partial charge in [0.2, 0.25) is 5.88 Å². The number of rotatable bonds is 3. The first-order chi connectivity index (χ1) is 9.24. The molecule has 6 heteroatoms. The van der Waals surface area contributed by atoms with Gasteiger partial charge >= 0.3 is 5.97 Å². The Balaban J connectivity index is 1.99. The molecule has 0 aliphatic rings. The molecule has 0 saturated carbocycles. The highest BCUT2D eigenvalue weighted by atomic mass is 16.5. The molecule has 0 aliphatic heterocycles. The van der Waals surface area contributed by atoms with Crippen molar-refractivity contribution < 1.29 is 19.1 Å². The molecule has 0 aliphatic carbocycles. The Hall–Kier alpha value is -2.89. The van der Waals surface area contributed by atoms with E-state index in [1.165, 1.54) is 24.7 Å². The summed E-state index contributed by atoms with van der Waals surface area (Å²) in [6, 6.07) is 4.83. The van der Waals surface area contributed by atoms with E-state index in [0.29, 0.717) is 22.6 Å². The maximum absolute atomic E-state index is 10.9. The second-order valence-corrected chi connectivity index (χ2v) is 3.77. The molecule has 0 aromatic carbocycles. The minimum Gasteiger partial charge on any atom is -0.478 e. The van der Waals surface area contributed by atoms with Crippen LogP contribution >= 0.6 is 0 Å². The highest BCUT2D eigenvalue weighted by Gasteiger charge is 2.09. The lowest BCUT2D eigenvalue weighted by molar-refractivity contribution is 0.0696. The summed E-state index contributed by atoms with van der Waals surface area (Å²) in [5.74, 6) is -0.413. The molecule has 0 bridgehead atoms. The molecular formula is C13H8N2O4. The third-order valence-electron chi connectivity index (χ3n) is 2.52. The van der Waals surface area contributed by atoms with E-state index >= 15 is 0 Å². The van der Waals surface area contributed by atoms with Crippen molar-refractivity contribution in [2.24, 2.45) is 0 Å². The normalized spacial score (nSPS) is 10.5. The number of ether oxygens (including phenoxy) is 1. The summed E-state index contributed by atoms with van der Waals surface area (Å²) in [4.78, 5) is 18.8. The van der Waals surface area contributed by atoms with Crippen molar-refractivity contribution in [1.82, 2.24) is 9.97 Å². The second-order valence-electron chi connectivity index (χ2n) is 3.77. The Kier molecular flexibility index (Phi) is 2.60. The molecule has 3 heterocycles. The number of carbonyl (C=O) groups is 1. The Bertz CT molecular complexity index is 751. The van der Waals surface area contributed by atoms with E-state index in [9.17, 15) is 4.79 Å². The Morgan fingerprint density at radius 1 is 1.32 bits per heavy atom. The summed E-state index contributed by atoms with van der Waals surface area (Å²) in [7, 11) is 0. The smallest absolute Gasteiger partial charge is 0.337 e. The molecule has 3 rings (SSSR count). The first kappa shape index (κ1) is 11.2. The molecule has 0 atom stereocenters. The molecule has 0 fully saturated rings. The van der Waals surface area contributed by atoms with Crippen LogP contribution in [-0.2, 0) is 0 Å². The molecule has 0 unspecified atom stereocenters. The molecule has 6 nitrogen and oxygen atoms in total. The van der Waals surface area contributed by atoms with Crippen LogP contribution in [0.5, 0.6) is 11.6 Å². The van der Waals surface area contributed by atoms with Gasteiger partial charge in [0.15, 0.2) is 0 Å². The number of nitrogens with zero attached hydrogens (tertiary/aromatic N) is 2. The average Bonchev–Trinajstić information content (AvgIpc) is 2.88. The van der Waals surface area contributed by atoms with Gasteiger partial charge in [-0.2, -0.15) is 0 Å². The number of furan rings is 1. The predicted octanol–water partition coefficient (Wildman–Crippen LogP) is 2.71. The van der Waals surface area contributed by atoms with E-state index in [0.717, 1.165) is 0 Å². The molecule has 94 valence electrons. The summed E-state index contributed by atoms with van der Waals surface area (Å²) in [6.07, 6.45) is 5.76. The largest absolute Gasteiger partial charge is 0.478 e. The van der Waals surface area contributed by atoms with Crippen LogP contribution in [0.15, 0.2) is 47.5 Å². The van der Waals surface area contributed by atoms with Crippen molar-refractivity contribution in [1.29, 1.82) is 0 Å². The number of aromatic nitrogens is 2. The Labute approximate surface area is 107 Å². The molecule has 3 aromatic heterocycles. The van der Waals surface area contributed by atoms with Gasteiger partial charge in [0.25, 0.3) is 0 Å². The average molecular weight is 256 g/mol. The van der Waals surface area contributed by atoms with Crippen molar-refractivity contribution in [2.45, 2.75) is 0 Å². The lowest BCUT2D eigenvalue weighted by Crippen LogP contribution is -1.98. The van der Waals surface area contributed by atoms with E-state index in [1.54, 1.807) is 18.3 Å². The number of hydrogen-bond donors (Lipinski definition) is 1. The van der Waals surface area contributed by atoms with Crippen molar-refractivity contribution in [3.05, 3.63) is 48.6 Å². The SMILES string of the molecule is O=C(O)c1cncc(Oc2nccc3occc23)c1. The van der Waals surface area contributed by atoms with Crippen LogP contribution in [0, 0.1) is 0 Å². The van der Waals surface area contributed by atoms with Gasteiger partial charge < -0.3 is 14.3 Å². The topological polar surface area (TPSA) is 85.5 Å². The van der Waals surface area contributed by atoms with Crippen molar-refractivity contribution in [2.75, 3.05) is 0 Å². The zero-order valence-electron chi connectivity index (χ0n) is 9.61. The first-order valence-electron chi connectivity index (χ1n) is 5.42. The summed E-state index contributed by atoms with van der Waals surface area (Å²) in [5.41, 5.74) is 0.698. The van der Waals surface area contributed by atoms with Crippen LogP contribution in [0.2, 0.25) is 0 Å². The maximum Gasteiger partial charge on any atom is 0.337 e. The van der Waals surface area contributed by atoms with Crippen molar-refractivity contribution in [3.8, 4) is 11.6 Å². The van der Waals surface area contributed by atoms with Gasteiger partial charge in [0.1, 0.15) is 11.3 Å². The number of aromatic carboxylic acids is 1. The van der Waals surface area contributed by atoms with Crippen LogP contribution in [0.25, 0.3) is 11.0 Å². The van der Waals surface area contributed by atoms with E-state index in [-0.39, 0.29) is 5.56 Å². The Morgan fingerprint density at radius 3 is 3.05 bits per heavy atom. The molecule has 1 N–H and O–H groups in total. The van der Waals surface area contributed by atoms with Gasteiger partial charge in [-0.3, -0.25) is 4.98 Å². The van der Waals surface area contributed by atoms with Gasteiger partial charge in [-0.05, 0) is 18.2 Å². The monoisotopic (exact) mass is 256 g/mol. The predicted molar refractivity (Wildman–Crippen MR) is 65.3 cm³/mol. The molecule has 0 radical (unpaired) electrons. The second kappa shape index (κ2) is 4.41. The number of carboxylic acid groups (broad SMARTS) is 1. The highest BCUT2D eigenvalue weighted by Crippen LogP contribution is 2.28. The van der Waals surface area contributed by atoms with Gasteiger partial charge in [-0.1, -0.05) is 0 Å². The summed E-state index contributed by atoms with van der Waals surface area (Å²) < 4.78 is 10.8. The summed E-state index contributed by atoms with van der Waals surface area (Å²) in [5, 5.41) is 9.60. The van der Waals surface area contributed by atoms with Crippen molar-refractivity contribution >= 4 is 16.9 Å². The van der Waals surface area contributed by atoms with Gasteiger partial charge in [-0.25, -0.2) is 9.78 Å². The fourth-order valence-corrected chi connectivity index (χ4v) is 1.65. The maximum atomic E-state index is 10.9. The molecule has 0 saturated heterocycles. The van der Waals surface area contributed by atoms with Crippen molar-refractivity contribution in [3.63, 3.8) is 0 Å². The van der Waals surface area contributed by atoms with E-state index in [4.69, 9.17) is 14.3 Å². The lowest BCUT2D eigenvalue weighted by atomic mass is 10.3. The number of fused-ring (bicyclic) bond motifs is 1. The minimum absolute atomic E-state index is 0.0527. The molecular weight excluding hydrogens is 248 g/mol. The van der Waals surface area contributed by atoms with Crippen LogP contribution in [-0.4, -0.2) is 21.0 Å². The quantitative estimate of drug-likeness (QED) is 0.775. The van der Waals surface area contributed by atoms with E-state index in [1.807, 2.05) is 0 Å². The standard InChI is InChI=1S/C13H8N2O4/c16-13(17)8-5-9(7-14-6-8)19-12-10-2-4-18-11(10)1-3-15-12/h1-7H,(H,16,17). The highest BCUT2D eigenvalue weighted by molar-refractivity contribution is 5.87. The number of pyridine rings is 2. The lowest BCUT2D eigenvalue weighted by Gasteiger charge is -2.05. The third kappa shape index (κ3) is 2.11. The molecule has 3 aromatic rings. The zero-order valence-corrected chi connectivity index (χ0v) is 9.61. The zero-order chi connectivity index (χ0) is 13.2. The van der Waals surface area contributed by atoms with Gasteiger partial charge in [-0.15, -0.1) is 0 Å². The number of hydrogen-bond acceptors (Lipinski definition) is 5. The molecule has 19 heavy (non-hydrogen) atoms. The fourth-order valence-electron chi connectivity index (χ4n) is 1.65. The number of carboxylic acids is 1. The molecule has 0 spiro atoms.